The molecule has 0 spiro atoms. The fourth-order valence-electron chi connectivity index (χ4n) is 1.32. The molecule has 1 aromatic rings. The standard InChI is InChI=1S/C12H16FNO4S.ClH/c13-10(5-6-14)9-18-11-1-3-12(4-2-11)19(16,17)8-7-15;/h1-5,15H,6-9,14H2;1H. The highest BCUT2D eigenvalue weighted by Crippen LogP contribution is 2.17. The molecule has 20 heavy (non-hydrogen) atoms. The summed E-state index contributed by atoms with van der Waals surface area (Å²) in [6.45, 7) is -0.594. The highest BCUT2D eigenvalue weighted by atomic mass is 35.5. The average molecular weight is 326 g/mol. The van der Waals surface area contributed by atoms with Crippen LogP contribution in [-0.4, -0.2) is 39.0 Å². The summed E-state index contributed by atoms with van der Waals surface area (Å²) in [5.41, 5.74) is 5.14. The zero-order valence-electron chi connectivity index (χ0n) is 10.7. The van der Waals surface area contributed by atoms with Crippen LogP contribution >= 0.6 is 12.4 Å². The van der Waals surface area contributed by atoms with Crippen LogP contribution in [0.3, 0.4) is 0 Å². The van der Waals surface area contributed by atoms with E-state index >= 15 is 0 Å². The number of hydrogen-bond acceptors (Lipinski definition) is 5. The predicted molar refractivity (Wildman–Crippen MR) is 76.6 cm³/mol. The molecule has 1 aromatic carbocycles. The molecule has 0 aliphatic heterocycles. The van der Waals surface area contributed by atoms with E-state index < -0.39 is 22.3 Å². The molecule has 8 heteroatoms. The van der Waals surface area contributed by atoms with Gasteiger partial charge in [-0.3, -0.25) is 0 Å². The minimum Gasteiger partial charge on any atom is -0.487 e. The average Bonchev–Trinajstić information content (AvgIpc) is 2.37. The van der Waals surface area contributed by atoms with Gasteiger partial charge in [0.15, 0.2) is 9.84 Å². The molecule has 0 atom stereocenters. The van der Waals surface area contributed by atoms with E-state index in [9.17, 15) is 12.8 Å². The third kappa shape index (κ3) is 5.87. The molecule has 0 amide bonds. The van der Waals surface area contributed by atoms with Crippen LogP contribution in [0.25, 0.3) is 0 Å². The number of ether oxygens (including phenoxy) is 1. The summed E-state index contributed by atoms with van der Waals surface area (Å²) < 4.78 is 41.3. The van der Waals surface area contributed by atoms with Crippen molar-refractivity contribution in [3.63, 3.8) is 0 Å². The zero-order valence-corrected chi connectivity index (χ0v) is 12.3. The van der Waals surface area contributed by atoms with Crippen molar-refractivity contribution in [3.05, 3.63) is 36.2 Å². The van der Waals surface area contributed by atoms with E-state index in [-0.39, 0.29) is 36.2 Å². The van der Waals surface area contributed by atoms with E-state index in [2.05, 4.69) is 0 Å². The van der Waals surface area contributed by atoms with Gasteiger partial charge in [0.25, 0.3) is 0 Å². The molecule has 0 aromatic heterocycles. The lowest BCUT2D eigenvalue weighted by molar-refractivity contribution is 0.318. The third-order valence-corrected chi connectivity index (χ3v) is 3.97. The monoisotopic (exact) mass is 325 g/mol. The quantitative estimate of drug-likeness (QED) is 0.782. The number of hydrogen-bond donors (Lipinski definition) is 2. The van der Waals surface area contributed by atoms with Crippen LogP contribution in [-0.2, 0) is 9.84 Å². The number of benzene rings is 1. The van der Waals surface area contributed by atoms with Gasteiger partial charge in [-0.05, 0) is 30.3 Å². The Bertz CT molecular complexity index is 531. The van der Waals surface area contributed by atoms with Crippen molar-refractivity contribution in [2.75, 3.05) is 25.5 Å². The van der Waals surface area contributed by atoms with Crippen LogP contribution in [0.5, 0.6) is 5.75 Å². The van der Waals surface area contributed by atoms with E-state index in [4.69, 9.17) is 15.6 Å². The highest BCUT2D eigenvalue weighted by Gasteiger charge is 2.13. The fraction of sp³-hybridized carbons (Fsp3) is 0.333. The Labute approximate surface area is 123 Å². The summed E-state index contributed by atoms with van der Waals surface area (Å²) in [6.07, 6.45) is 1.19. The van der Waals surface area contributed by atoms with Crippen LogP contribution in [0.2, 0.25) is 0 Å². The van der Waals surface area contributed by atoms with Crippen molar-refractivity contribution in [2.24, 2.45) is 5.73 Å². The number of halogens is 2. The van der Waals surface area contributed by atoms with E-state index in [1.165, 1.54) is 30.3 Å². The number of sulfone groups is 1. The molecular formula is C12H17ClFNO4S. The summed E-state index contributed by atoms with van der Waals surface area (Å²) >= 11 is 0. The van der Waals surface area contributed by atoms with Crippen molar-refractivity contribution in [1.82, 2.24) is 0 Å². The molecule has 0 fully saturated rings. The Morgan fingerprint density at radius 2 is 1.95 bits per heavy atom. The van der Waals surface area contributed by atoms with Crippen LogP contribution in [0, 0.1) is 0 Å². The summed E-state index contributed by atoms with van der Waals surface area (Å²) in [6, 6.07) is 5.57. The van der Waals surface area contributed by atoms with Gasteiger partial charge in [-0.1, -0.05) is 0 Å². The van der Waals surface area contributed by atoms with Gasteiger partial charge in [0.2, 0.25) is 0 Å². The topological polar surface area (TPSA) is 89.6 Å². The van der Waals surface area contributed by atoms with Crippen LogP contribution < -0.4 is 10.5 Å². The maximum absolute atomic E-state index is 13.0. The molecular weight excluding hydrogens is 309 g/mol. The number of nitrogens with two attached hydrogens (primary N) is 1. The van der Waals surface area contributed by atoms with Crippen molar-refractivity contribution < 1.29 is 22.7 Å². The van der Waals surface area contributed by atoms with Gasteiger partial charge < -0.3 is 15.6 Å². The number of aliphatic hydroxyl groups excluding tert-OH is 1. The van der Waals surface area contributed by atoms with Crippen molar-refractivity contribution in [1.29, 1.82) is 0 Å². The van der Waals surface area contributed by atoms with Gasteiger partial charge in [0.05, 0.1) is 17.3 Å². The second-order valence-corrected chi connectivity index (χ2v) is 5.80. The Kier molecular flexibility index (Phi) is 8.40. The lowest BCUT2D eigenvalue weighted by Crippen LogP contribution is -2.10. The highest BCUT2D eigenvalue weighted by molar-refractivity contribution is 7.91. The Morgan fingerprint density at radius 1 is 1.35 bits per heavy atom. The molecule has 0 aliphatic carbocycles. The minimum absolute atomic E-state index is 0. The first-order valence-electron chi connectivity index (χ1n) is 5.60. The summed E-state index contributed by atoms with van der Waals surface area (Å²) in [5.74, 6) is -0.468. The third-order valence-electron chi connectivity index (χ3n) is 2.26. The first kappa shape index (κ1) is 18.9. The smallest absolute Gasteiger partial charge is 0.180 e. The molecule has 0 saturated heterocycles. The van der Waals surface area contributed by atoms with Crippen molar-refractivity contribution >= 4 is 22.2 Å². The summed E-state index contributed by atoms with van der Waals surface area (Å²) in [7, 11) is -3.47. The van der Waals surface area contributed by atoms with Crippen LogP contribution in [0.15, 0.2) is 41.1 Å². The van der Waals surface area contributed by atoms with Gasteiger partial charge >= 0.3 is 0 Å². The van der Waals surface area contributed by atoms with Gasteiger partial charge in [0, 0.05) is 6.54 Å². The largest absolute Gasteiger partial charge is 0.487 e. The maximum atomic E-state index is 13.0. The Balaban J connectivity index is 0.00000361. The van der Waals surface area contributed by atoms with Gasteiger partial charge in [0.1, 0.15) is 18.2 Å². The van der Waals surface area contributed by atoms with Crippen molar-refractivity contribution in [3.8, 4) is 5.75 Å². The molecule has 0 radical (unpaired) electrons. The second kappa shape index (κ2) is 8.91. The lowest BCUT2D eigenvalue weighted by Gasteiger charge is -2.06. The summed E-state index contributed by atoms with van der Waals surface area (Å²) in [4.78, 5) is 0.0897. The molecule has 0 bridgehead atoms. The maximum Gasteiger partial charge on any atom is 0.180 e. The predicted octanol–water partition coefficient (Wildman–Crippen LogP) is 1.07. The van der Waals surface area contributed by atoms with Gasteiger partial charge in [-0.15, -0.1) is 12.4 Å². The normalized spacial score (nSPS) is 11.8. The molecule has 0 unspecified atom stereocenters. The second-order valence-electron chi connectivity index (χ2n) is 3.69. The Hall–Kier alpha value is -1.15. The van der Waals surface area contributed by atoms with Crippen LogP contribution in [0.1, 0.15) is 0 Å². The first-order valence-corrected chi connectivity index (χ1v) is 7.26. The van der Waals surface area contributed by atoms with E-state index in [1.807, 2.05) is 0 Å². The van der Waals surface area contributed by atoms with Gasteiger partial charge in [-0.2, -0.15) is 0 Å². The lowest BCUT2D eigenvalue weighted by atomic mass is 10.3. The number of aliphatic hydroxyl groups is 1. The van der Waals surface area contributed by atoms with E-state index in [0.717, 1.165) is 0 Å². The SMILES string of the molecule is Cl.NCC=C(F)COc1ccc(S(=O)(=O)CCO)cc1. The first-order chi connectivity index (χ1) is 8.99. The molecule has 1 rings (SSSR count). The summed E-state index contributed by atoms with van der Waals surface area (Å²) in [5, 5.41) is 8.65. The molecule has 3 N–H and O–H groups in total. The van der Waals surface area contributed by atoms with E-state index in [1.54, 1.807) is 0 Å². The molecule has 0 aliphatic rings. The Morgan fingerprint density at radius 3 is 2.45 bits per heavy atom. The zero-order chi connectivity index (χ0) is 14.3. The van der Waals surface area contributed by atoms with Crippen molar-refractivity contribution in [2.45, 2.75) is 4.90 Å². The number of rotatable bonds is 7. The fourth-order valence-corrected chi connectivity index (χ4v) is 2.35. The minimum atomic E-state index is -3.47. The van der Waals surface area contributed by atoms with E-state index in [0.29, 0.717) is 5.75 Å². The molecule has 0 saturated carbocycles. The molecule has 5 nitrogen and oxygen atoms in total. The van der Waals surface area contributed by atoms with Crippen LogP contribution in [0.4, 0.5) is 4.39 Å². The molecule has 0 heterocycles. The van der Waals surface area contributed by atoms with Gasteiger partial charge in [-0.25, -0.2) is 12.8 Å². The molecule has 114 valence electrons.